The van der Waals surface area contributed by atoms with Crippen LogP contribution >= 0.6 is 47.0 Å². The molecule has 26 heavy (non-hydrogen) atoms. The lowest BCUT2D eigenvalue weighted by Gasteiger charge is -2.28. The molecule has 1 aliphatic rings. The lowest BCUT2D eigenvalue weighted by molar-refractivity contribution is -0.122. The molecule has 1 heterocycles. The minimum absolute atomic E-state index is 0.0113. The fourth-order valence-corrected chi connectivity index (χ4v) is 4.87. The molecule has 152 valence electrons. The first-order chi connectivity index (χ1) is 12.0. The van der Waals surface area contributed by atoms with E-state index in [-0.39, 0.29) is 28.6 Å². The maximum absolute atomic E-state index is 12.1. The molecule has 0 saturated carbocycles. The third kappa shape index (κ3) is 9.78. The summed E-state index contributed by atoms with van der Waals surface area (Å²) in [5.74, 6) is -0.107. The average Bonchev–Trinajstić information content (AvgIpc) is 2.84. The number of amides is 1. The lowest BCUT2D eigenvalue weighted by atomic mass is 10.1. The minimum Gasteiger partial charge on any atom is -0.359 e. The van der Waals surface area contributed by atoms with Gasteiger partial charge >= 0.3 is 0 Å². The van der Waals surface area contributed by atoms with E-state index in [2.05, 4.69) is 22.9 Å². The van der Waals surface area contributed by atoms with Crippen LogP contribution in [0.25, 0.3) is 0 Å². The van der Waals surface area contributed by atoms with Crippen molar-refractivity contribution >= 4 is 67.9 Å². The molecule has 1 saturated heterocycles. The summed E-state index contributed by atoms with van der Waals surface area (Å²) < 4.78 is 21.2. The predicted octanol–water partition coefficient (Wildman–Crippen LogP) is 2.81. The highest BCUT2D eigenvalue weighted by atomic mass is 35.6. The zero-order valence-electron chi connectivity index (χ0n) is 14.7. The molecule has 0 radical (unpaired) electrons. The van der Waals surface area contributed by atoms with Crippen molar-refractivity contribution in [1.82, 2.24) is 16.0 Å². The zero-order chi connectivity index (χ0) is 19.8. The van der Waals surface area contributed by atoms with Crippen LogP contribution in [0.1, 0.15) is 51.9 Å². The van der Waals surface area contributed by atoms with Crippen LogP contribution in [0.3, 0.4) is 0 Å². The summed E-state index contributed by atoms with van der Waals surface area (Å²) in [6, 6.07) is -0.287. The van der Waals surface area contributed by atoms with E-state index in [1.165, 1.54) is 0 Å². The third-order valence-electron chi connectivity index (χ3n) is 3.98. The number of carbonyl (C=O) groups excluding carboxylic acids is 1. The number of sulfone groups is 1. The smallest absolute Gasteiger partial charge is 0.228 e. The van der Waals surface area contributed by atoms with Crippen molar-refractivity contribution in [3.63, 3.8) is 0 Å². The van der Waals surface area contributed by atoms with Gasteiger partial charge in [-0.2, -0.15) is 0 Å². The number of carbonyl (C=O) groups is 1. The minimum atomic E-state index is -3.03. The van der Waals surface area contributed by atoms with Crippen LogP contribution in [-0.2, 0) is 14.6 Å². The van der Waals surface area contributed by atoms with Crippen LogP contribution in [0.2, 0.25) is 0 Å². The molecule has 6 nitrogen and oxygen atoms in total. The maximum Gasteiger partial charge on any atom is 0.228 e. The summed E-state index contributed by atoms with van der Waals surface area (Å²) in [4.78, 5) is 12.1. The average molecular weight is 467 g/mol. The van der Waals surface area contributed by atoms with Crippen molar-refractivity contribution in [3.8, 4) is 0 Å². The van der Waals surface area contributed by atoms with Crippen LogP contribution in [0.4, 0.5) is 0 Å². The van der Waals surface area contributed by atoms with Crippen LogP contribution in [0, 0.1) is 0 Å². The molecule has 0 unspecified atom stereocenters. The van der Waals surface area contributed by atoms with Crippen LogP contribution in [0.15, 0.2) is 0 Å². The Labute approximate surface area is 176 Å². The highest BCUT2D eigenvalue weighted by molar-refractivity contribution is 7.91. The van der Waals surface area contributed by atoms with E-state index >= 15 is 0 Å². The molecule has 3 N–H and O–H groups in total. The molecule has 0 aromatic rings. The fraction of sp³-hybridized carbons (Fsp3) is 0.867. The Morgan fingerprint density at radius 3 is 2.38 bits per heavy atom. The van der Waals surface area contributed by atoms with Gasteiger partial charge in [-0.05, 0) is 25.1 Å². The molecule has 1 amide bonds. The number of alkyl halides is 3. The second-order valence-corrected chi connectivity index (χ2v) is 11.4. The fourth-order valence-electron chi connectivity index (χ4n) is 2.59. The van der Waals surface area contributed by atoms with Crippen molar-refractivity contribution in [2.24, 2.45) is 0 Å². The maximum atomic E-state index is 12.1. The second-order valence-electron chi connectivity index (χ2n) is 6.42. The second kappa shape index (κ2) is 11.1. The normalized spacial score (nSPS) is 20.4. The molecular formula is C15H26Cl3N3O3S2. The van der Waals surface area contributed by atoms with Crippen molar-refractivity contribution < 1.29 is 13.2 Å². The molecule has 1 rings (SSSR count). The van der Waals surface area contributed by atoms with E-state index in [1.807, 2.05) is 0 Å². The third-order valence-corrected chi connectivity index (χ3v) is 6.64. The van der Waals surface area contributed by atoms with E-state index in [4.69, 9.17) is 47.0 Å². The van der Waals surface area contributed by atoms with E-state index in [0.29, 0.717) is 12.8 Å². The topological polar surface area (TPSA) is 87.3 Å². The number of hydrogen-bond acceptors (Lipinski definition) is 4. The lowest BCUT2D eigenvalue weighted by Crippen LogP contribution is -2.58. The molecule has 2 atom stereocenters. The van der Waals surface area contributed by atoms with E-state index in [1.54, 1.807) is 0 Å². The Morgan fingerprint density at radius 2 is 1.85 bits per heavy atom. The van der Waals surface area contributed by atoms with Gasteiger partial charge in [0.25, 0.3) is 0 Å². The van der Waals surface area contributed by atoms with Gasteiger partial charge in [0, 0.05) is 12.5 Å². The van der Waals surface area contributed by atoms with Gasteiger partial charge in [-0.25, -0.2) is 8.42 Å². The van der Waals surface area contributed by atoms with Gasteiger partial charge in [0.2, 0.25) is 9.70 Å². The summed E-state index contributed by atoms with van der Waals surface area (Å²) in [5, 5.41) is 8.40. The van der Waals surface area contributed by atoms with E-state index < -0.39 is 19.8 Å². The van der Waals surface area contributed by atoms with Crippen LogP contribution in [-0.4, -0.2) is 46.9 Å². The zero-order valence-corrected chi connectivity index (χ0v) is 18.6. The summed E-state index contributed by atoms with van der Waals surface area (Å²) in [7, 11) is -3.03. The Bertz CT molecular complexity index is 582. The van der Waals surface area contributed by atoms with Gasteiger partial charge in [-0.3, -0.25) is 4.79 Å². The van der Waals surface area contributed by atoms with Gasteiger partial charge in [-0.15, -0.1) is 0 Å². The summed E-state index contributed by atoms with van der Waals surface area (Å²) in [6.45, 7) is 2.13. The first kappa shape index (κ1) is 24.0. The highest BCUT2D eigenvalue weighted by Gasteiger charge is 2.35. The molecule has 0 aromatic carbocycles. The predicted molar refractivity (Wildman–Crippen MR) is 112 cm³/mol. The Kier molecular flexibility index (Phi) is 10.3. The summed E-state index contributed by atoms with van der Waals surface area (Å²) >= 11 is 22.9. The highest BCUT2D eigenvalue weighted by Crippen LogP contribution is 2.29. The summed E-state index contributed by atoms with van der Waals surface area (Å²) in [5.41, 5.74) is 0. The van der Waals surface area contributed by atoms with E-state index in [0.717, 1.165) is 32.1 Å². The molecule has 0 bridgehead atoms. The standard InChI is InChI=1S/C15H26Cl3N3O3S2/c1-2-3-4-5-6-7-12(22)20-13(15(16,17)18)21-14(25)19-11-8-9-26(23,24)10-11/h11,13H,2-10H2,1H3,(H,20,22)(H2,19,21,25)/t11-,13-/m0/s1. The monoisotopic (exact) mass is 465 g/mol. The van der Waals surface area contributed by atoms with Crippen molar-refractivity contribution in [2.45, 2.75) is 67.9 Å². The molecule has 11 heteroatoms. The molecular weight excluding hydrogens is 441 g/mol. The van der Waals surface area contributed by atoms with Crippen molar-refractivity contribution in [2.75, 3.05) is 11.5 Å². The molecule has 0 aliphatic carbocycles. The quantitative estimate of drug-likeness (QED) is 0.210. The van der Waals surface area contributed by atoms with Gasteiger partial charge in [0.15, 0.2) is 14.9 Å². The number of halogens is 3. The largest absolute Gasteiger partial charge is 0.359 e. The number of thiocarbonyl (C=S) groups is 1. The van der Waals surface area contributed by atoms with Gasteiger partial charge in [-0.1, -0.05) is 67.4 Å². The number of hydrogen-bond donors (Lipinski definition) is 3. The SMILES string of the molecule is CCCCCCCC(=O)N[C@@H](NC(=S)N[C@H]1CCS(=O)(=O)C1)C(Cl)(Cl)Cl. The molecule has 0 aromatic heterocycles. The van der Waals surface area contributed by atoms with Crippen molar-refractivity contribution in [1.29, 1.82) is 0 Å². The molecule has 1 aliphatic heterocycles. The number of unbranched alkanes of at least 4 members (excludes halogenated alkanes) is 4. The number of nitrogens with one attached hydrogen (secondary N) is 3. The number of rotatable bonds is 9. The van der Waals surface area contributed by atoms with Gasteiger partial charge < -0.3 is 16.0 Å². The Balaban J connectivity index is 2.46. The van der Waals surface area contributed by atoms with Gasteiger partial charge in [0.05, 0.1) is 11.5 Å². The van der Waals surface area contributed by atoms with Crippen LogP contribution in [0.5, 0.6) is 0 Å². The van der Waals surface area contributed by atoms with Crippen molar-refractivity contribution in [3.05, 3.63) is 0 Å². The Morgan fingerprint density at radius 1 is 1.19 bits per heavy atom. The Hall–Kier alpha value is -0.0200. The van der Waals surface area contributed by atoms with Gasteiger partial charge in [0.1, 0.15) is 6.17 Å². The first-order valence-electron chi connectivity index (χ1n) is 8.67. The first-order valence-corrected chi connectivity index (χ1v) is 12.0. The molecule has 1 fully saturated rings. The molecule has 0 spiro atoms. The van der Waals surface area contributed by atoms with E-state index in [9.17, 15) is 13.2 Å². The summed E-state index contributed by atoms with van der Waals surface area (Å²) in [6.07, 6.45) is 4.90. The van der Waals surface area contributed by atoms with Crippen LogP contribution < -0.4 is 16.0 Å².